The van der Waals surface area contributed by atoms with E-state index < -0.39 is 0 Å². The van der Waals surface area contributed by atoms with Gasteiger partial charge >= 0.3 is 0 Å². The molecule has 1 atom stereocenters. The summed E-state index contributed by atoms with van der Waals surface area (Å²) in [7, 11) is 0. The molecule has 0 saturated heterocycles. The number of benzene rings is 2. The number of aromatic nitrogens is 1. The van der Waals surface area contributed by atoms with Gasteiger partial charge in [0.2, 0.25) is 0 Å². The van der Waals surface area contributed by atoms with E-state index in [4.69, 9.17) is 4.74 Å². The Morgan fingerprint density at radius 3 is 2.68 bits per heavy atom. The van der Waals surface area contributed by atoms with E-state index in [0.717, 1.165) is 27.2 Å². The normalized spacial score (nSPS) is 18.7. The number of rotatable bonds is 1. The monoisotopic (exact) mass is 432 g/mol. The summed E-state index contributed by atoms with van der Waals surface area (Å²) in [5, 5.41) is 3.66. The van der Waals surface area contributed by atoms with Crippen LogP contribution in [0.2, 0.25) is 0 Å². The van der Waals surface area contributed by atoms with Crippen molar-refractivity contribution in [1.82, 2.24) is 4.98 Å². The van der Waals surface area contributed by atoms with Gasteiger partial charge in [0.05, 0.1) is 11.2 Å². The van der Waals surface area contributed by atoms with Crippen molar-refractivity contribution in [2.45, 2.75) is 32.4 Å². The molecule has 0 bridgehead atoms. The quantitative estimate of drug-likeness (QED) is 0.470. The summed E-state index contributed by atoms with van der Waals surface area (Å²) in [6.45, 7) is 6.57. The van der Waals surface area contributed by atoms with Crippen LogP contribution in [0.1, 0.15) is 43.7 Å². The molecule has 0 saturated carbocycles. The lowest BCUT2D eigenvalue weighted by Crippen LogP contribution is -2.32. The molecule has 2 aliphatic heterocycles. The smallest absolute Gasteiger partial charge is 0.168 e. The van der Waals surface area contributed by atoms with Gasteiger partial charge in [-0.1, -0.05) is 30.3 Å². The zero-order valence-electron chi connectivity index (χ0n) is 16.1. The summed E-state index contributed by atoms with van der Waals surface area (Å²) in [6, 6.07) is 16.6. The Morgan fingerprint density at radius 2 is 1.86 bits per heavy atom. The Kier molecular flexibility index (Phi) is 3.88. The van der Waals surface area contributed by atoms with Gasteiger partial charge in [0.15, 0.2) is 6.10 Å². The lowest BCUT2D eigenvalue weighted by atomic mass is 9.81. The van der Waals surface area contributed by atoms with Crippen molar-refractivity contribution in [2.24, 2.45) is 0 Å². The minimum absolute atomic E-state index is 0.0835. The van der Waals surface area contributed by atoms with Gasteiger partial charge in [0.1, 0.15) is 5.75 Å². The Labute approximate surface area is 173 Å². The van der Waals surface area contributed by atoms with Crippen LogP contribution in [0.15, 0.2) is 65.3 Å². The number of nitrogens with zero attached hydrogens (tertiary/aromatic N) is 1. The Morgan fingerprint density at radius 1 is 1.04 bits per heavy atom. The van der Waals surface area contributed by atoms with E-state index in [1.165, 1.54) is 22.3 Å². The van der Waals surface area contributed by atoms with E-state index in [0.29, 0.717) is 0 Å². The number of hydrogen-bond acceptors (Lipinski definition) is 3. The number of hydrogen-bond donors (Lipinski definition) is 1. The van der Waals surface area contributed by atoms with Crippen LogP contribution in [0.3, 0.4) is 0 Å². The maximum absolute atomic E-state index is 6.54. The van der Waals surface area contributed by atoms with E-state index in [1.54, 1.807) is 0 Å². The standard InChI is InChI=1S/C24H21BrN2O/c1-14-13-24(2,3)27-18-11-10-16-15-7-4-5-9-19(15)28-23(21(16)20(14)18)22-17(25)8-6-12-26-22/h4-13,23,27H,1-3H3. The molecule has 3 nitrogen and oxygen atoms in total. The van der Waals surface area contributed by atoms with Crippen LogP contribution in [0.4, 0.5) is 5.69 Å². The first-order chi connectivity index (χ1) is 13.4. The topological polar surface area (TPSA) is 34.2 Å². The Balaban J connectivity index is 1.83. The fraction of sp³-hybridized carbons (Fsp3) is 0.208. The van der Waals surface area contributed by atoms with Crippen molar-refractivity contribution in [1.29, 1.82) is 0 Å². The van der Waals surface area contributed by atoms with Gasteiger partial charge in [0.25, 0.3) is 0 Å². The van der Waals surface area contributed by atoms with Crippen molar-refractivity contribution in [2.75, 3.05) is 5.32 Å². The molecule has 0 fully saturated rings. The third-order valence-electron chi connectivity index (χ3n) is 5.39. The van der Waals surface area contributed by atoms with Crippen molar-refractivity contribution in [3.05, 3.63) is 82.1 Å². The summed E-state index contributed by atoms with van der Waals surface area (Å²) in [5.74, 6) is 0.892. The molecule has 2 aliphatic rings. The lowest BCUT2D eigenvalue weighted by molar-refractivity contribution is 0.237. The number of fused-ring (bicyclic) bond motifs is 5. The van der Waals surface area contributed by atoms with Gasteiger partial charge in [-0.3, -0.25) is 4.98 Å². The molecule has 4 heteroatoms. The number of pyridine rings is 1. The van der Waals surface area contributed by atoms with E-state index in [2.05, 4.69) is 77.3 Å². The van der Waals surface area contributed by atoms with Crippen LogP contribution < -0.4 is 10.1 Å². The molecule has 3 aromatic rings. The van der Waals surface area contributed by atoms with Gasteiger partial charge in [-0.15, -0.1) is 0 Å². The third-order valence-corrected chi connectivity index (χ3v) is 6.06. The second-order valence-corrected chi connectivity index (χ2v) is 8.84. The van der Waals surface area contributed by atoms with Crippen LogP contribution in [-0.2, 0) is 0 Å². The van der Waals surface area contributed by atoms with Gasteiger partial charge in [-0.05, 0) is 72.1 Å². The number of ether oxygens (including phenoxy) is 1. The molecule has 2 aromatic carbocycles. The minimum Gasteiger partial charge on any atom is -0.479 e. The molecule has 3 heterocycles. The third kappa shape index (κ3) is 2.67. The SMILES string of the molecule is CC1=CC(C)(C)Nc2ccc3c(c21)C(c1ncccc1Br)Oc1ccccc1-3. The molecule has 0 radical (unpaired) electrons. The van der Waals surface area contributed by atoms with Gasteiger partial charge in [-0.2, -0.15) is 0 Å². The Hall–Kier alpha value is -2.59. The number of para-hydroxylation sites is 1. The number of halogens is 1. The maximum atomic E-state index is 6.54. The second kappa shape index (κ2) is 6.21. The lowest BCUT2D eigenvalue weighted by Gasteiger charge is -2.37. The summed E-state index contributed by atoms with van der Waals surface area (Å²) < 4.78 is 7.50. The summed E-state index contributed by atoms with van der Waals surface area (Å²) in [4.78, 5) is 4.66. The summed E-state index contributed by atoms with van der Waals surface area (Å²) in [6.07, 6.45) is 3.84. The number of anilines is 1. The maximum Gasteiger partial charge on any atom is 0.168 e. The summed E-state index contributed by atoms with van der Waals surface area (Å²) >= 11 is 3.68. The van der Waals surface area contributed by atoms with Crippen LogP contribution in [0, 0.1) is 0 Å². The van der Waals surface area contributed by atoms with Crippen molar-refractivity contribution >= 4 is 27.2 Å². The van der Waals surface area contributed by atoms with E-state index >= 15 is 0 Å². The molecule has 1 aromatic heterocycles. The average Bonchev–Trinajstić information content (AvgIpc) is 2.66. The fourth-order valence-electron chi connectivity index (χ4n) is 4.41. The fourth-order valence-corrected chi connectivity index (χ4v) is 4.88. The van der Waals surface area contributed by atoms with Gasteiger partial charge in [-0.25, -0.2) is 0 Å². The number of nitrogens with one attached hydrogen (secondary N) is 1. The van der Waals surface area contributed by atoms with E-state index in [-0.39, 0.29) is 11.6 Å². The molecule has 0 spiro atoms. The summed E-state index contributed by atoms with van der Waals surface area (Å²) in [5.41, 5.74) is 7.93. The van der Waals surface area contributed by atoms with Crippen molar-refractivity contribution in [3.63, 3.8) is 0 Å². The first-order valence-corrected chi connectivity index (χ1v) is 10.3. The first kappa shape index (κ1) is 17.5. The molecule has 28 heavy (non-hydrogen) atoms. The van der Waals surface area contributed by atoms with Crippen LogP contribution in [0.5, 0.6) is 5.75 Å². The highest BCUT2D eigenvalue weighted by Crippen LogP contribution is 2.50. The van der Waals surface area contributed by atoms with E-state index in [1.807, 2.05) is 30.5 Å². The average molecular weight is 433 g/mol. The second-order valence-electron chi connectivity index (χ2n) is 7.99. The molecular formula is C24H21BrN2O. The van der Waals surface area contributed by atoms with E-state index in [9.17, 15) is 0 Å². The molecule has 0 amide bonds. The van der Waals surface area contributed by atoms with Crippen LogP contribution in [0.25, 0.3) is 16.7 Å². The first-order valence-electron chi connectivity index (χ1n) is 9.46. The highest BCUT2D eigenvalue weighted by molar-refractivity contribution is 9.10. The molecular weight excluding hydrogens is 412 g/mol. The van der Waals surface area contributed by atoms with Crippen molar-refractivity contribution < 1.29 is 4.74 Å². The molecule has 1 N–H and O–H groups in total. The predicted octanol–water partition coefficient (Wildman–Crippen LogP) is 6.60. The molecule has 5 rings (SSSR count). The Bertz CT molecular complexity index is 1130. The van der Waals surface area contributed by atoms with Crippen LogP contribution in [-0.4, -0.2) is 10.5 Å². The molecule has 1 unspecified atom stereocenters. The minimum atomic E-state index is -0.276. The largest absolute Gasteiger partial charge is 0.479 e. The molecule has 140 valence electrons. The zero-order valence-corrected chi connectivity index (χ0v) is 17.7. The van der Waals surface area contributed by atoms with Crippen molar-refractivity contribution in [3.8, 4) is 16.9 Å². The van der Waals surface area contributed by atoms with Gasteiger partial charge in [0, 0.05) is 33.0 Å². The van der Waals surface area contributed by atoms with Gasteiger partial charge < -0.3 is 10.1 Å². The zero-order chi connectivity index (χ0) is 19.5. The number of allylic oxidation sites excluding steroid dienone is 1. The highest BCUT2D eigenvalue weighted by atomic mass is 79.9. The molecule has 0 aliphatic carbocycles. The predicted molar refractivity (Wildman–Crippen MR) is 118 cm³/mol. The highest BCUT2D eigenvalue weighted by Gasteiger charge is 2.35. The van der Waals surface area contributed by atoms with Crippen LogP contribution >= 0.6 is 15.9 Å².